The number of ether oxygens (including phenoxy) is 4. The van der Waals surface area contributed by atoms with Crippen molar-refractivity contribution in [3.05, 3.63) is 12.1 Å². The van der Waals surface area contributed by atoms with Crippen LogP contribution in [-0.2, 0) is 9.53 Å². The maximum Gasteiger partial charge on any atom is 0.225 e. The molecule has 1 aromatic rings. The second-order valence-corrected chi connectivity index (χ2v) is 8.97. The summed E-state index contributed by atoms with van der Waals surface area (Å²) in [4.78, 5) is 17.5. The average Bonchev–Trinajstić information content (AvgIpc) is 2.77. The van der Waals surface area contributed by atoms with Gasteiger partial charge in [0.2, 0.25) is 11.7 Å². The van der Waals surface area contributed by atoms with E-state index in [1.54, 1.807) is 33.5 Å². The van der Waals surface area contributed by atoms with E-state index in [1.807, 2.05) is 0 Å². The Kier molecular flexibility index (Phi) is 9.02. The zero-order valence-corrected chi connectivity index (χ0v) is 20.2. The lowest BCUT2D eigenvalue weighted by molar-refractivity contribution is -0.116. The predicted octanol–water partition coefficient (Wildman–Crippen LogP) is 2.86. The molecule has 3 rings (SSSR count). The summed E-state index contributed by atoms with van der Waals surface area (Å²) in [5.41, 5.74) is 0.636. The number of hydrogen-bond acceptors (Lipinski definition) is 7. The molecule has 0 spiro atoms. The first-order chi connectivity index (χ1) is 15.4. The van der Waals surface area contributed by atoms with E-state index in [0.717, 1.165) is 45.2 Å². The molecule has 180 valence electrons. The minimum absolute atomic E-state index is 0.0160. The van der Waals surface area contributed by atoms with Crippen molar-refractivity contribution >= 4 is 11.6 Å². The van der Waals surface area contributed by atoms with Gasteiger partial charge in [-0.05, 0) is 45.7 Å². The number of rotatable bonds is 9. The van der Waals surface area contributed by atoms with E-state index in [9.17, 15) is 4.79 Å². The summed E-state index contributed by atoms with van der Waals surface area (Å²) in [6, 6.07) is 3.50. The third kappa shape index (κ3) is 6.73. The van der Waals surface area contributed by atoms with Crippen molar-refractivity contribution in [2.24, 2.45) is 5.92 Å². The molecule has 2 aliphatic rings. The molecule has 0 bridgehead atoms. The smallest absolute Gasteiger partial charge is 0.225 e. The molecule has 1 aromatic carbocycles. The van der Waals surface area contributed by atoms with Gasteiger partial charge in [0, 0.05) is 50.4 Å². The van der Waals surface area contributed by atoms with Crippen LogP contribution in [0.4, 0.5) is 5.69 Å². The second kappa shape index (κ2) is 11.7. The van der Waals surface area contributed by atoms with E-state index < -0.39 is 0 Å². The molecule has 0 aliphatic carbocycles. The van der Waals surface area contributed by atoms with Crippen molar-refractivity contribution in [2.75, 3.05) is 65.9 Å². The van der Waals surface area contributed by atoms with Crippen LogP contribution in [0.2, 0.25) is 0 Å². The summed E-state index contributed by atoms with van der Waals surface area (Å²) < 4.78 is 21.9. The highest BCUT2D eigenvalue weighted by Gasteiger charge is 2.26. The lowest BCUT2D eigenvalue weighted by atomic mass is 9.95. The van der Waals surface area contributed by atoms with E-state index in [4.69, 9.17) is 18.9 Å². The minimum atomic E-state index is -0.0160. The first-order valence-corrected chi connectivity index (χ1v) is 11.6. The Balaban J connectivity index is 1.42. The average molecular weight is 450 g/mol. The highest BCUT2D eigenvalue weighted by atomic mass is 16.5. The lowest BCUT2D eigenvalue weighted by Crippen LogP contribution is -2.48. The van der Waals surface area contributed by atoms with Gasteiger partial charge in [-0.15, -0.1) is 0 Å². The van der Waals surface area contributed by atoms with Gasteiger partial charge < -0.3 is 29.2 Å². The molecule has 1 amide bonds. The van der Waals surface area contributed by atoms with E-state index in [1.165, 1.54) is 12.8 Å². The molecular formula is C24H39N3O5. The largest absolute Gasteiger partial charge is 0.493 e. The quantitative estimate of drug-likeness (QED) is 0.621. The molecular weight excluding hydrogens is 410 g/mol. The first-order valence-electron chi connectivity index (χ1n) is 11.6. The molecule has 32 heavy (non-hydrogen) atoms. The first kappa shape index (κ1) is 24.6. The maximum atomic E-state index is 12.5. The molecule has 8 heteroatoms. The van der Waals surface area contributed by atoms with Crippen LogP contribution in [0.5, 0.6) is 17.2 Å². The van der Waals surface area contributed by atoms with Crippen molar-refractivity contribution in [1.82, 2.24) is 9.80 Å². The fourth-order valence-electron chi connectivity index (χ4n) is 4.83. The van der Waals surface area contributed by atoms with Crippen molar-refractivity contribution in [3.63, 3.8) is 0 Å². The zero-order chi connectivity index (χ0) is 23.1. The van der Waals surface area contributed by atoms with E-state index in [0.29, 0.717) is 41.6 Å². The molecule has 2 aliphatic heterocycles. The van der Waals surface area contributed by atoms with E-state index in [2.05, 4.69) is 29.0 Å². The van der Waals surface area contributed by atoms with Crippen molar-refractivity contribution < 1.29 is 23.7 Å². The number of nitrogens with zero attached hydrogens (tertiary/aromatic N) is 2. The molecule has 2 atom stereocenters. The molecule has 0 aromatic heterocycles. The normalized spacial score (nSPS) is 23.0. The van der Waals surface area contributed by atoms with Gasteiger partial charge in [-0.3, -0.25) is 9.69 Å². The number of methoxy groups -OCH3 is 3. The molecule has 2 unspecified atom stereocenters. The number of piperidine rings is 1. The summed E-state index contributed by atoms with van der Waals surface area (Å²) in [5.74, 6) is 2.27. The van der Waals surface area contributed by atoms with Crippen LogP contribution in [0.15, 0.2) is 12.1 Å². The molecule has 2 fully saturated rings. The fourth-order valence-corrected chi connectivity index (χ4v) is 4.83. The third-order valence-corrected chi connectivity index (χ3v) is 6.32. The van der Waals surface area contributed by atoms with Crippen LogP contribution in [-0.4, -0.2) is 88.5 Å². The number of hydrogen-bond donors (Lipinski definition) is 1. The highest BCUT2D eigenvalue weighted by Crippen LogP contribution is 2.39. The predicted molar refractivity (Wildman–Crippen MR) is 125 cm³/mol. The third-order valence-electron chi connectivity index (χ3n) is 6.32. The number of amides is 1. The Hall–Kier alpha value is -2.03. The van der Waals surface area contributed by atoms with Crippen LogP contribution in [0.3, 0.4) is 0 Å². The van der Waals surface area contributed by atoms with Gasteiger partial charge in [0.1, 0.15) is 0 Å². The van der Waals surface area contributed by atoms with E-state index >= 15 is 0 Å². The van der Waals surface area contributed by atoms with Crippen molar-refractivity contribution in [2.45, 2.75) is 45.3 Å². The van der Waals surface area contributed by atoms with E-state index in [-0.39, 0.29) is 5.91 Å². The summed E-state index contributed by atoms with van der Waals surface area (Å²) >= 11 is 0. The number of benzene rings is 1. The standard InChI is InChI=1S/C24H39N3O5/c1-17-14-27(15-18(2)32-17)16-19-6-9-26(10-7-19)11-8-23(28)25-20-12-21(29-3)24(31-5)22(13-20)30-4/h12-13,17-19H,6-11,14-16H2,1-5H3,(H,25,28). The molecule has 2 saturated heterocycles. The van der Waals surface area contributed by atoms with Gasteiger partial charge in [-0.2, -0.15) is 0 Å². The van der Waals surface area contributed by atoms with Gasteiger partial charge in [0.05, 0.1) is 33.5 Å². The molecule has 8 nitrogen and oxygen atoms in total. The Bertz CT molecular complexity index is 716. The summed E-state index contributed by atoms with van der Waals surface area (Å²) in [5, 5.41) is 2.95. The zero-order valence-electron chi connectivity index (χ0n) is 20.2. The van der Waals surface area contributed by atoms with Crippen LogP contribution in [0, 0.1) is 5.92 Å². The monoisotopic (exact) mass is 449 g/mol. The Labute approximate surface area is 192 Å². The number of carbonyl (C=O) groups excluding carboxylic acids is 1. The summed E-state index contributed by atoms with van der Waals surface area (Å²) in [7, 11) is 4.68. The summed E-state index contributed by atoms with van der Waals surface area (Å²) in [6.07, 6.45) is 3.48. The number of nitrogens with one attached hydrogen (secondary N) is 1. The molecule has 2 heterocycles. The number of likely N-dealkylation sites (tertiary alicyclic amines) is 1. The Morgan fingerprint density at radius 2 is 1.59 bits per heavy atom. The van der Waals surface area contributed by atoms with Gasteiger partial charge in [0.15, 0.2) is 11.5 Å². The Morgan fingerprint density at radius 3 is 2.12 bits per heavy atom. The van der Waals surface area contributed by atoms with Gasteiger partial charge >= 0.3 is 0 Å². The number of morpholine rings is 1. The number of anilines is 1. The Morgan fingerprint density at radius 1 is 1.00 bits per heavy atom. The van der Waals surface area contributed by atoms with Gasteiger partial charge in [-0.25, -0.2) is 0 Å². The highest BCUT2D eigenvalue weighted by molar-refractivity contribution is 5.91. The molecule has 1 N–H and O–H groups in total. The van der Waals surface area contributed by atoms with Crippen LogP contribution >= 0.6 is 0 Å². The van der Waals surface area contributed by atoms with Gasteiger partial charge in [0.25, 0.3) is 0 Å². The minimum Gasteiger partial charge on any atom is -0.493 e. The topological polar surface area (TPSA) is 72.5 Å². The lowest BCUT2D eigenvalue weighted by Gasteiger charge is -2.39. The molecule has 0 saturated carbocycles. The molecule has 0 radical (unpaired) electrons. The maximum absolute atomic E-state index is 12.5. The fraction of sp³-hybridized carbons (Fsp3) is 0.708. The van der Waals surface area contributed by atoms with Crippen molar-refractivity contribution in [3.8, 4) is 17.2 Å². The van der Waals surface area contributed by atoms with Crippen LogP contribution < -0.4 is 19.5 Å². The van der Waals surface area contributed by atoms with Crippen LogP contribution in [0.1, 0.15) is 33.1 Å². The van der Waals surface area contributed by atoms with Gasteiger partial charge in [-0.1, -0.05) is 0 Å². The van der Waals surface area contributed by atoms with Crippen molar-refractivity contribution in [1.29, 1.82) is 0 Å². The number of carbonyl (C=O) groups is 1. The van der Waals surface area contributed by atoms with Crippen LogP contribution in [0.25, 0.3) is 0 Å². The second-order valence-electron chi connectivity index (χ2n) is 8.97. The summed E-state index contributed by atoms with van der Waals surface area (Å²) in [6.45, 7) is 10.4. The SMILES string of the molecule is COc1cc(NC(=O)CCN2CCC(CN3CC(C)OC(C)C3)CC2)cc(OC)c1OC.